The highest BCUT2D eigenvalue weighted by molar-refractivity contribution is 5.77. The van der Waals surface area contributed by atoms with Crippen LogP contribution in [-0.2, 0) is 9.53 Å². The number of hydrogen-bond acceptors (Lipinski definition) is 2. The van der Waals surface area contributed by atoms with E-state index in [9.17, 15) is 4.79 Å². The van der Waals surface area contributed by atoms with Gasteiger partial charge in [-0.25, -0.2) is 0 Å². The molecule has 114 valence electrons. The van der Waals surface area contributed by atoms with Gasteiger partial charge in [0.25, 0.3) is 0 Å². The lowest BCUT2D eigenvalue weighted by Crippen LogP contribution is -2.29. The van der Waals surface area contributed by atoms with Gasteiger partial charge in [0, 0.05) is 0 Å². The highest BCUT2D eigenvalue weighted by atomic mass is 16.5. The maximum atomic E-state index is 12.2. The summed E-state index contributed by atoms with van der Waals surface area (Å²) in [6.07, 6.45) is 5.18. The molecule has 1 fully saturated rings. The van der Waals surface area contributed by atoms with Gasteiger partial charge in [-0.2, -0.15) is 0 Å². The zero-order chi connectivity index (χ0) is 15.4. The minimum atomic E-state index is -0.0230. The Bertz CT molecular complexity index is 480. The first-order chi connectivity index (χ1) is 9.99. The van der Waals surface area contributed by atoms with Crippen molar-refractivity contribution in [2.75, 3.05) is 0 Å². The van der Waals surface area contributed by atoms with Crippen molar-refractivity contribution in [1.29, 1.82) is 0 Å². The van der Waals surface area contributed by atoms with E-state index in [0.29, 0.717) is 17.8 Å². The van der Waals surface area contributed by atoms with Crippen molar-refractivity contribution < 1.29 is 9.53 Å². The summed E-state index contributed by atoms with van der Waals surface area (Å²) < 4.78 is 5.71. The van der Waals surface area contributed by atoms with Gasteiger partial charge in [-0.15, -0.1) is 0 Å². The molecule has 0 aliphatic heterocycles. The lowest BCUT2D eigenvalue weighted by molar-refractivity contribution is -0.155. The quantitative estimate of drug-likeness (QED) is 0.717. The van der Waals surface area contributed by atoms with Gasteiger partial charge >= 0.3 is 5.97 Å². The summed E-state index contributed by atoms with van der Waals surface area (Å²) in [6, 6.07) is 10.2. The van der Waals surface area contributed by atoms with E-state index in [0.717, 1.165) is 6.42 Å². The topological polar surface area (TPSA) is 26.3 Å². The minimum absolute atomic E-state index is 0.0230. The van der Waals surface area contributed by atoms with Crippen LogP contribution in [0.25, 0.3) is 6.08 Å². The Hall–Kier alpha value is -1.57. The van der Waals surface area contributed by atoms with Crippen LogP contribution < -0.4 is 0 Å². The maximum Gasteiger partial charge on any atom is 0.309 e. The van der Waals surface area contributed by atoms with Crippen LogP contribution in [0.2, 0.25) is 0 Å². The number of carbonyl (C=O) groups excluding carboxylic acids is 1. The van der Waals surface area contributed by atoms with Crippen LogP contribution in [0.3, 0.4) is 0 Å². The standard InChI is InChI=1S/C19H26O2/c1-13(2)18(14(3)4)21-19(20)17-12-16(17)11-10-15-8-6-5-7-9-15/h5-11,13-14,16-18H,12H2,1-4H3/b11-10+/t16-,17+/m1/s1. The van der Waals surface area contributed by atoms with Gasteiger partial charge in [-0.3, -0.25) is 4.79 Å². The lowest BCUT2D eigenvalue weighted by atomic mass is 9.96. The van der Waals surface area contributed by atoms with E-state index in [1.54, 1.807) is 0 Å². The SMILES string of the molecule is CC(C)C(OC(=O)[C@H]1C[C@H]1/C=C/c1ccccc1)C(C)C. The monoisotopic (exact) mass is 286 g/mol. The summed E-state index contributed by atoms with van der Waals surface area (Å²) >= 11 is 0. The molecule has 2 rings (SSSR count). The number of ether oxygens (including phenoxy) is 1. The second kappa shape index (κ2) is 6.93. The highest BCUT2D eigenvalue weighted by Crippen LogP contribution is 2.41. The normalized spacial score (nSPS) is 21.5. The minimum Gasteiger partial charge on any atom is -0.462 e. The number of rotatable bonds is 6. The van der Waals surface area contributed by atoms with Crippen molar-refractivity contribution >= 4 is 12.0 Å². The van der Waals surface area contributed by atoms with Gasteiger partial charge in [-0.05, 0) is 29.7 Å². The average molecular weight is 286 g/mol. The number of esters is 1. The Balaban J connectivity index is 1.85. The molecular formula is C19H26O2. The molecule has 0 radical (unpaired) electrons. The molecule has 0 aromatic heterocycles. The number of allylic oxidation sites excluding steroid dienone is 1. The number of carbonyl (C=O) groups is 1. The fourth-order valence-electron chi connectivity index (χ4n) is 2.76. The molecule has 2 nitrogen and oxygen atoms in total. The fraction of sp³-hybridized carbons (Fsp3) is 0.526. The van der Waals surface area contributed by atoms with E-state index in [-0.39, 0.29) is 18.0 Å². The predicted octanol–water partition coefficient (Wildman–Crippen LogP) is 4.56. The maximum absolute atomic E-state index is 12.2. The molecule has 0 amide bonds. The molecule has 1 aliphatic rings. The molecule has 1 aliphatic carbocycles. The molecule has 1 saturated carbocycles. The van der Waals surface area contributed by atoms with Gasteiger partial charge in [0.15, 0.2) is 0 Å². The van der Waals surface area contributed by atoms with E-state index in [1.165, 1.54) is 5.56 Å². The van der Waals surface area contributed by atoms with Gasteiger partial charge in [0.05, 0.1) is 5.92 Å². The van der Waals surface area contributed by atoms with Crippen LogP contribution in [0.1, 0.15) is 39.7 Å². The molecule has 1 aromatic carbocycles. The van der Waals surface area contributed by atoms with E-state index < -0.39 is 0 Å². The van der Waals surface area contributed by atoms with E-state index >= 15 is 0 Å². The largest absolute Gasteiger partial charge is 0.462 e. The molecule has 0 heterocycles. The van der Waals surface area contributed by atoms with Crippen LogP contribution in [0.4, 0.5) is 0 Å². The van der Waals surface area contributed by atoms with Crippen LogP contribution in [0.5, 0.6) is 0 Å². The summed E-state index contributed by atoms with van der Waals surface area (Å²) in [7, 11) is 0. The Kier molecular flexibility index (Phi) is 5.22. The highest BCUT2D eigenvalue weighted by Gasteiger charge is 2.43. The predicted molar refractivity (Wildman–Crippen MR) is 86.6 cm³/mol. The molecule has 0 spiro atoms. The van der Waals surface area contributed by atoms with E-state index in [1.807, 2.05) is 18.2 Å². The van der Waals surface area contributed by atoms with Crippen molar-refractivity contribution in [2.24, 2.45) is 23.7 Å². The third kappa shape index (κ3) is 4.45. The third-order valence-corrected chi connectivity index (χ3v) is 4.04. The summed E-state index contributed by atoms with van der Waals surface area (Å²) in [5, 5.41) is 0. The Morgan fingerprint density at radius 2 is 1.76 bits per heavy atom. The number of hydrogen-bond donors (Lipinski definition) is 0. The van der Waals surface area contributed by atoms with Crippen LogP contribution in [-0.4, -0.2) is 12.1 Å². The first-order valence-electron chi connectivity index (χ1n) is 7.92. The Morgan fingerprint density at radius 3 is 2.33 bits per heavy atom. The molecule has 2 heteroatoms. The molecule has 0 saturated heterocycles. The van der Waals surface area contributed by atoms with E-state index in [2.05, 4.69) is 52.0 Å². The fourth-order valence-corrected chi connectivity index (χ4v) is 2.76. The summed E-state index contributed by atoms with van der Waals surface area (Å²) in [5.74, 6) is 1.12. The van der Waals surface area contributed by atoms with Crippen LogP contribution >= 0.6 is 0 Å². The van der Waals surface area contributed by atoms with Crippen molar-refractivity contribution in [2.45, 2.75) is 40.2 Å². The van der Waals surface area contributed by atoms with Gasteiger partial charge in [0.2, 0.25) is 0 Å². The van der Waals surface area contributed by atoms with Crippen molar-refractivity contribution in [3.63, 3.8) is 0 Å². The van der Waals surface area contributed by atoms with Crippen molar-refractivity contribution in [3.8, 4) is 0 Å². The number of benzene rings is 1. The van der Waals surface area contributed by atoms with Crippen molar-refractivity contribution in [3.05, 3.63) is 42.0 Å². The summed E-state index contributed by atoms with van der Waals surface area (Å²) in [4.78, 5) is 12.2. The summed E-state index contributed by atoms with van der Waals surface area (Å²) in [6.45, 7) is 8.44. The Labute approximate surface area is 128 Å². The molecular weight excluding hydrogens is 260 g/mol. The molecule has 2 atom stereocenters. The molecule has 0 N–H and O–H groups in total. The van der Waals surface area contributed by atoms with Crippen molar-refractivity contribution in [1.82, 2.24) is 0 Å². The summed E-state index contributed by atoms with van der Waals surface area (Å²) in [5.41, 5.74) is 1.18. The van der Waals surface area contributed by atoms with E-state index in [4.69, 9.17) is 4.74 Å². The molecule has 0 bridgehead atoms. The second-order valence-corrected chi connectivity index (χ2v) is 6.67. The zero-order valence-corrected chi connectivity index (χ0v) is 13.5. The lowest BCUT2D eigenvalue weighted by Gasteiger charge is -2.24. The molecule has 21 heavy (non-hydrogen) atoms. The van der Waals surface area contributed by atoms with Crippen LogP contribution in [0.15, 0.2) is 36.4 Å². The zero-order valence-electron chi connectivity index (χ0n) is 13.5. The van der Waals surface area contributed by atoms with Gasteiger partial charge < -0.3 is 4.74 Å². The Morgan fingerprint density at radius 1 is 1.14 bits per heavy atom. The van der Waals surface area contributed by atoms with Crippen LogP contribution in [0, 0.1) is 23.7 Å². The smallest absolute Gasteiger partial charge is 0.309 e. The third-order valence-electron chi connectivity index (χ3n) is 4.04. The molecule has 0 unspecified atom stereocenters. The first kappa shape index (κ1) is 15.8. The average Bonchev–Trinajstić information content (AvgIpc) is 3.22. The second-order valence-electron chi connectivity index (χ2n) is 6.67. The first-order valence-corrected chi connectivity index (χ1v) is 7.92. The van der Waals surface area contributed by atoms with Gasteiger partial charge in [0.1, 0.15) is 6.10 Å². The van der Waals surface area contributed by atoms with Gasteiger partial charge in [-0.1, -0.05) is 70.2 Å². The molecule has 1 aromatic rings.